The van der Waals surface area contributed by atoms with E-state index in [0.29, 0.717) is 40.0 Å². The van der Waals surface area contributed by atoms with Gasteiger partial charge in [-0.3, -0.25) is 9.69 Å². The van der Waals surface area contributed by atoms with Gasteiger partial charge in [0.2, 0.25) is 0 Å². The van der Waals surface area contributed by atoms with Crippen LogP contribution in [0.2, 0.25) is 0 Å². The van der Waals surface area contributed by atoms with Gasteiger partial charge in [-0.2, -0.15) is 0 Å². The number of amides is 1. The second kappa shape index (κ2) is 16.1. The van der Waals surface area contributed by atoms with Crippen LogP contribution >= 0.6 is 0 Å². The summed E-state index contributed by atoms with van der Waals surface area (Å²) in [4.78, 5) is 32.7. The number of aliphatic hydroxyl groups excluding tert-OH is 1. The van der Waals surface area contributed by atoms with Gasteiger partial charge in [-0.15, -0.1) is 0 Å². The first kappa shape index (κ1) is 38.9. The molecule has 12 rings (SSSR count). The van der Waals surface area contributed by atoms with Gasteiger partial charge in [-0.1, -0.05) is 194 Å². The molecule has 3 heterocycles. The second-order valence-corrected chi connectivity index (χ2v) is 16.4. The Hall–Kier alpha value is -8.78. The van der Waals surface area contributed by atoms with Crippen LogP contribution in [-0.4, -0.2) is 30.5 Å². The summed E-state index contributed by atoms with van der Waals surface area (Å²) < 4.78 is 2.15. The molecule has 1 N–H and O–H groups in total. The zero-order valence-electron chi connectivity index (χ0n) is 35.5. The number of aliphatic hydroxyl groups is 1. The van der Waals surface area contributed by atoms with Crippen molar-refractivity contribution in [1.29, 1.82) is 0 Å². The molecular weight excluding hydrogens is 811 g/mol. The predicted octanol–water partition coefficient (Wildman–Crippen LogP) is 13.6. The van der Waals surface area contributed by atoms with Crippen molar-refractivity contribution < 1.29 is 9.90 Å². The van der Waals surface area contributed by atoms with Gasteiger partial charge >= 0.3 is 0 Å². The molecule has 0 aliphatic carbocycles. The van der Waals surface area contributed by atoms with Crippen LogP contribution < -0.4 is 4.90 Å². The zero-order chi connectivity index (χ0) is 44.1. The number of carbonyl (C=O) groups excluding carboxylic acids is 1. The molecule has 1 unspecified atom stereocenters. The summed E-state index contributed by atoms with van der Waals surface area (Å²) in [5, 5.41) is 14.7. The van der Waals surface area contributed by atoms with Gasteiger partial charge in [0.25, 0.3) is 5.91 Å². The third kappa shape index (κ3) is 6.48. The number of hydrogen-bond acceptors (Lipinski definition) is 5. The largest absolute Gasteiger partial charge is 0.369 e. The number of para-hydroxylation sites is 2. The predicted molar refractivity (Wildman–Crippen MR) is 265 cm³/mol. The molecule has 1 amide bonds. The Morgan fingerprint density at radius 3 is 1.45 bits per heavy atom. The van der Waals surface area contributed by atoms with Crippen LogP contribution in [0.5, 0.6) is 0 Å². The summed E-state index contributed by atoms with van der Waals surface area (Å²) in [6.45, 7) is 0. The maximum atomic E-state index is 15.8. The van der Waals surface area contributed by atoms with E-state index in [1.54, 1.807) is 4.90 Å². The van der Waals surface area contributed by atoms with E-state index in [2.05, 4.69) is 71.3 Å². The number of anilines is 1. The summed E-state index contributed by atoms with van der Waals surface area (Å²) in [7, 11) is 0. The molecule has 0 bridgehead atoms. The summed E-state index contributed by atoms with van der Waals surface area (Å²) in [5.74, 6) is 1.29. The van der Waals surface area contributed by atoms with Crippen LogP contribution in [0.25, 0.3) is 95.0 Å². The molecule has 7 heteroatoms. The fraction of sp³-hybridized carbons (Fsp3) is 0.0169. The van der Waals surface area contributed by atoms with Crippen molar-refractivity contribution in [2.24, 2.45) is 0 Å². The van der Waals surface area contributed by atoms with E-state index in [9.17, 15) is 5.11 Å². The minimum Gasteiger partial charge on any atom is -0.369 e. The van der Waals surface area contributed by atoms with E-state index in [1.807, 2.05) is 158 Å². The maximum Gasteiger partial charge on any atom is 0.263 e. The molecule has 0 saturated carbocycles. The van der Waals surface area contributed by atoms with Gasteiger partial charge in [0.05, 0.1) is 28.0 Å². The highest BCUT2D eigenvalue weighted by molar-refractivity contribution is 6.19. The Bertz CT molecular complexity index is 3500. The number of carbonyl (C=O) groups is 1. The van der Waals surface area contributed by atoms with Gasteiger partial charge in [0.1, 0.15) is 0 Å². The molecule has 11 aromatic rings. The smallest absolute Gasteiger partial charge is 0.263 e. The van der Waals surface area contributed by atoms with Crippen molar-refractivity contribution in [3.8, 4) is 73.2 Å². The lowest BCUT2D eigenvalue weighted by Gasteiger charge is -2.28. The molecule has 9 aromatic carbocycles. The molecule has 0 fully saturated rings. The molecule has 1 atom stereocenters. The summed E-state index contributed by atoms with van der Waals surface area (Å²) in [6.07, 6.45) is -1.29. The van der Waals surface area contributed by atoms with Gasteiger partial charge in [0, 0.05) is 44.2 Å². The molecule has 1 aliphatic rings. The third-order valence-corrected chi connectivity index (χ3v) is 12.5. The van der Waals surface area contributed by atoms with E-state index >= 15 is 4.79 Å². The first-order valence-corrected chi connectivity index (χ1v) is 22.0. The van der Waals surface area contributed by atoms with Crippen molar-refractivity contribution >= 4 is 33.4 Å². The average Bonchev–Trinajstić information content (AvgIpc) is 3.87. The Labute approximate surface area is 381 Å². The number of benzene rings is 9. The van der Waals surface area contributed by atoms with Crippen molar-refractivity contribution in [2.45, 2.75) is 6.23 Å². The lowest BCUT2D eigenvalue weighted by Crippen LogP contribution is -2.29. The van der Waals surface area contributed by atoms with E-state index in [0.717, 1.165) is 71.9 Å². The number of aromatic nitrogens is 4. The fourth-order valence-electron chi connectivity index (χ4n) is 9.53. The van der Waals surface area contributed by atoms with Gasteiger partial charge in [-0.05, 0) is 52.6 Å². The van der Waals surface area contributed by atoms with E-state index < -0.39 is 6.23 Å². The maximum absolute atomic E-state index is 15.8. The molecule has 1 aliphatic heterocycles. The summed E-state index contributed by atoms with van der Waals surface area (Å²) in [6, 6.07) is 74.8. The van der Waals surface area contributed by atoms with Crippen molar-refractivity contribution in [3.63, 3.8) is 0 Å². The molecule has 0 spiro atoms. The second-order valence-electron chi connectivity index (χ2n) is 16.4. The number of nitrogens with zero attached hydrogens (tertiary/aromatic N) is 5. The molecule has 312 valence electrons. The molecular formula is C59H39N5O2. The number of hydrogen-bond donors (Lipinski definition) is 1. The highest BCUT2D eigenvalue weighted by atomic mass is 16.3. The Morgan fingerprint density at radius 2 is 0.879 bits per heavy atom. The van der Waals surface area contributed by atoms with Crippen LogP contribution in [0.4, 0.5) is 5.69 Å². The van der Waals surface area contributed by atoms with Crippen molar-refractivity contribution in [2.75, 3.05) is 4.90 Å². The number of rotatable bonds is 8. The van der Waals surface area contributed by atoms with Crippen molar-refractivity contribution in [1.82, 2.24) is 19.5 Å². The number of fused-ring (bicyclic) bond motifs is 4. The first-order chi connectivity index (χ1) is 32.6. The van der Waals surface area contributed by atoms with Gasteiger partial charge in [-0.25, -0.2) is 15.0 Å². The normalized spacial score (nSPS) is 13.4. The van der Waals surface area contributed by atoms with Gasteiger partial charge < -0.3 is 9.67 Å². The lowest BCUT2D eigenvalue weighted by molar-refractivity contribution is 0.0935. The van der Waals surface area contributed by atoms with Crippen LogP contribution in [0.1, 0.15) is 22.1 Å². The van der Waals surface area contributed by atoms with E-state index in [4.69, 9.17) is 15.0 Å². The molecule has 2 aromatic heterocycles. The third-order valence-electron chi connectivity index (χ3n) is 12.5. The van der Waals surface area contributed by atoms with E-state index in [-0.39, 0.29) is 5.91 Å². The quantitative estimate of drug-likeness (QED) is 0.165. The minimum atomic E-state index is -1.29. The Morgan fingerprint density at radius 1 is 0.409 bits per heavy atom. The van der Waals surface area contributed by atoms with Crippen molar-refractivity contribution in [3.05, 3.63) is 236 Å². The van der Waals surface area contributed by atoms with Crippen LogP contribution in [0, 0.1) is 0 Å². The summed E-state index contributed by atoms with van der Waals surface area (Å²) >= 11 is 0. The lowest BCUT2D eigenvalue weighted by atomic mass is 9.90. The topological polar surface area (TPSA) is 84.1 Å². The molecule has 0 radical (unpaired) electrons. The van der Waals surface area contributed by atoms with Crippen LogP contribution in [0.3, 0.4) is 0 Å². The monoisotopic (exact) mass is 849 g/mol. The average molecular weight is 850 g/mol. The zero-order valence-corrected chi connectivity index (χ0v) is 35.5. The molecule has 7 nitrogen and oxygen atoms in total. The molecule has 66 heavy (non-hydrogen) atoms. The standard InChI is InChI=1S/C59H39N5O2/c65-58-46-32-19-35-51(52(46)59(66)64(58)54-48(39-22-8-2-9-23-39)36-43(38-20-6-1-7-21-38)37-49(54)40-24-10-3-11-25-40)63-50-34-17-16-30-44(50)45-31-18-33-47(53(45)63)57-61-55(41-26-12-4-13-27-41)60-56(62-57)42-28-14-5-15-29-42/h1-37,58,65H. The summed E-state index contributed by atoms with van der Waals surface area (Å²) in [5.41, 5.74) is 12.0. The first-order valence-electron chi connectivity index (χ1n) is 22.0. The Kier molecular flexibility index (Phi) is 9.47. The van der Waals surface area contributed by atoms with Crippen LogP contribution in [0.15, 0.2) is 224 Å². The van der Waals surface area contributed by atoms with Crippen LogP contribution in [-0.2, 0) is 0 Å². The highest BCUT2D eigenvalue weighted by Crippen LogP contribution is 2.50. The van der Waals surface area contributed by atoms with E-state index in [1.165, 1.54) is 0 Å². The molecule has 0 saturated heterocycles. The minimum absolute atomic E-state index is 0.309. The SMILES string of the molecule is O=C1c2c(cccc2-n2c3ccccc3c3cccc(-c4nc(-c5ccccc5)nc(-c5ccccc5)n4)c32)C(O)N1c1c(-c2ccccc2)cc(-c2ccccc2)cc1-c1ccccc1. The Balaban J connectivity index is 1.10. The fourth-order valence-corrected chi connectivity index (χ4v) is 9.53. The van der Waals surface area contributed by atoms with Gasteiger partial charge in [0.15, 0.2) is 23.7 Å². The highest BCUT2D eigenvalue weighted by Gasteiger charge is 2.42.